The van der Waals surface area contributed by atoms with Crippen molar-refractivity contribution < 1.29 is 10.2 Å². The molecule has 0 fully saturated rings. The maximum atomic E-state index is 8.62. The topological polar surface area (TPSA) is 66.5 Å². The summed E-state index contributed by atoms with van der Waals surface area (Å²) in [7, 11) is 0. The summed E-state index contributed by atoms with van der Waals surface area (Å²) >= 11 is 0. The van der Waals surface area contributed by atoms with Crippen molar-refractivity contribution in [2.24, 2.45) is 11.7 Å². The molecule has 0 aromatic carbocycles. The number of aliphatic hydroxyl groups excluding tert-OH is 2. The Labute approximate surface area is 55.5 Å². The summed E-state index contributed by atoms with van der Waals surface area (Å²) in [5, 5.41) is 17.1. The molecule has 56 valence electrons. The molecule has 1 atom stereocenters. The minimum Gasteiger partial charge on any atom is -0.396 e. The van der Waals surface area contributed by atoms with Gasteiger partial charge in [-0.05, 0) is 25.3 Å². The Morgan fingerprint density at radius 2 is 1.89 bits per heavy atom. The molecule has 0 bridgehead atoms. The Balaban J connectivity index is 3.18. The summed E-state index contributed by atoms with van der Waals surface area (Å²) in [6.07, 6.45) is 1.46. The Kier molecular flexibility index (Phi) is 5.93. The fourth-order valence-electron chi connectivity index (χ4n) is 0.745. The molecule has 0 heterocycles. The zero-order chi connectivity index (χ0) is 7.11. The highest BCUT2D eigenvalue weighted by Gasteiger charge is 2.03. The van der Waals surface area contributed by atoms with E-state index in [1.807, 2.05) is 0 Å². The van der Waals surface area contributed by atoms with Crippen LogP contribution in [-0.2, 0) is 0 Å². The molecule has 9 heavy (non-hydrogen) atoms. The van der Waals surface area contributed by atoms with Crippen LogP contribution >= 0.6 is 0 Å². The molecule has 0 radical (unpaired) electrons. The summed E-state index contributed by atoms with van der Waals surface area (Å²) in [5.41, 5.74) is 5.24. The lowest BCUT2D eigenvalue weighted by Gasteiger charge is -2.09. The second kappa shape index (κ2) is 6.01. The molecular formula is C6H15NO2. The molecule has 0 aromatic rings. The smallest absolute Gasteiger partial charge is 0.0460 e. The van der Waals surface area contributed by atoms with Crippen molar-refractivity contribution in [1.82, 2.24) is 0 Å². The highest BCUT2D eigenvalue weighted by Crippen LogP contribution is 2.04. The van der Waals surface area contributed by atoms with Crippen LogP contribution in [0.4, 0.5) is 0 Å². The third kappa shape index (κ3) is 4.39. The molecule has 1 unspecified atom stereocenters. The average molecular weight is 133 g/mol. The van der Waals surface area contributed by atoms with E-state index < -0.39 is 0 Å². The molecule has 4 N–H and O–H groups in total. The molecular weight excluding hydrogens is 118 g/mol. The van der Waals surface area contributed by atoms with E-state index in [1.54, 1.807) is 0 Å². The van der Waals surface area contributed by atoms with Crippen LogP contribution in [0.3, 0.4) is 0 Å². The first-order valence-corrected chi connectivity index (χ1v) is 3.27. The van der Waals surface area contributed by atoms with E-state index in [9.17, 15) is 0 Å². The summed E-state index contributed by atoms with van der Waals surface area (Å²) in [6.45, 7) is 0.869. The van der Waals surface area contributed by atoms with Gasteiger partial charge in [0.1, 0.15) is 0 Å². The SMILES string of the molecule is NCCC(CO)CCO. The second-order valence-corrected chi connectivity index (χ2v) is 2.14. The number of rotatable bonds is 5. The average Bonchev–Trinajstić information content (AvgIpc) is 1.88. The number of nitrogens with two attached hydrogens (primary N) is 1. The van der Waals surface area contributed by atoms with E-state index in [0.717, 1.165) is 6.42 Å². The highest BCUT2D eigenvalue weighted by molar-refractivity contribution is 4.56. The van der Waals surface area contributed by atoms with Crippen molar-refractivity contribution in [2.75, 3.05) is 19.8 Å². The van der Waals surface area contributed by atoms with Gasteiger partial charge in [-0.15, -0.1) is 0 Å². The minimum absolute atomic E-state index is 0.137. The van der Waals surface area contributed by atoms with Crippen molar-refractivity contribution in [3.63, 3.8) is 0 Å². The van der Waals surface area contributed by atoms with Gasteiger partial charge in [0, 0.05) is 13.2 Å². The maximum Gasteiger partial charge on any atom is 0.0460 e. The lowest BCUT2D eigenvalue weighted by atomic mass is 10.0. The predicted octanol–water partition coefficient (Wildman–Crippen LogP) is -0.674. The summed E-state index contributed by atoms with van der Waals surface area (Å²) in [6, 6.07) is 0. The minimum atomic E-state index is 0.137. The fraction of sp³-hybridized carbons (Fsp3) is 1.00. The molecule has 0 amide bonds. The van der Waals surface area contributed by atoms with Gasteiger partial charge in [-0.1, -0.05) is 0 Å². The standard InChI is InChI=1S/C6H15NO2/c7-3-1-6(5-9)2-4-8/h6,8-9H,1-5,7H2. The lowest BCUT2D eigenvalue weighted by molar-refractivity contribution is 0.178. The molecule has 3 nitrogen and oxygen atoms in total. The van der Waals surface area contributed by atoms with Crippen LogP contribution in [0.5, 0.6) is 0 Å². The Morgan fingerprint density at radius 1 is 1.22 bits per heavy atom. The van der Waals surface area contributed by atoms with E-state index in [-0.39, 0.29) is 19.1 Å². The Morgan fingerprint density at radius 3 is 2.22 bits per heavy atom. The molecule has 0 saturated carbocycles. The maximum absolute atomic E-state index is 8.62. The second-order valence-electron chi connectivity index (χ2n) is 2.14. The molecule has 3 heteroatoms. The van der Waals surface area contributed by atoms with Gasteiger partial charge in [-0.25, -0.2) is 0 Å². The van der Waals surface area contributed by atoms with Gasteiger partial charge >= 0.3 is 0 Å². The highest BCUT2D eigenvalue weighted by atomic mass is 16.3. The van der Waals surface area contributed by atoms with Crippen molar-refractivity contribution in [2.45, 2.75) is 12.8 Å². The Bertz CT molecular complexity index is 53.0. The monoisotopic (exact) mass is 133 g/mol. The van der Waals surface area contributed by atoms with Crippen molar-refractivity contribution in [3.8, 4) is 0 Å². The van der Waals surface area contributed by atoms with E-state index in [1.165, 1.54) is 0 Å². The summed E-state index contributed by atoms with van der Waals surface area (Å²) in [4.78, 5) is 0. The summed E-state index contributed by atoms with van der Waals surface area (Å²) < 4.78 is 0. The quantitative estimate of drug-likeness (QED) is 0.466. The molecule has 0 saturated heterocycles. The van der Waals surface area contributed by atoms with Gasteiger partial charge in [0.25, 0.3) is 0 Å². The molecule has 0 aliphatic rings. The molecule has 0 spiro atoms. The van der Waals surface area contributed by atoms with Gasteiger partial charge in [0.15, 0.2) is 0 Å². The predicted molar refractivity (Wildman–Crippen MR) is 35.9 cm³/mol. The van der Waals surface area contributed by atoms with E-state index in [4.69, 9.17) is 15.9 Å². The van der Waals surface area contributed by atoms with Crippen LogP contribution in [0.25, 0.3) is 0 Å². The van der Waals surface area contributed by atoms with Crippen LogP contribution in [0.15, 0.2) is 0 Å². The normalized spacial score (nSPS) is 13.7. The van der Waals surface area contributed by atoms with Gasteiger partial charge < -0.3 is 15.9 Å². The fourth-order valence-corrected chi connectivity index (χ4v) is 0.745. The van der Waals surface area contributed by atoms with Crippen LogP contribution in [0, 0.1) is 5.92 Å². The molecule has 0 aliphatic carbocycles. The number of hydrogen-bond acceptors (Lipinski definition) is 3. The van der Waals surface area contributed by atoms with E-state index >= 15 is 0 Å². The first-order valence-electron chi connectivity index (χ1n) is 3.27. The first-order chi connectivity index (χ1) is 4.35. The number of hydrogen-bond donors (Lipinski definition) is 3. The molecule has 0 rings (SSSR count). The van der Waals surface area contributed by atoms with Gasteiger partial charge in [0.05, 0.1) is 0 Å². The van der Waals surface area contributed by atoms with E-state index in [0.29, 0.717) is 13.0 Å². The number of aliphatic hydroxyl groups is 2. The van der Waals surface area contributed by atoms with Crippen LogP contribution < -0.4 is 5.73 Å². The zero-order valence-electron chi connectivity index (χ0n) is 5.58. The lowest BCUT2D eigenvalue weighted by Crippen LogP contribution is -2.13. The van der Waals surface area contributed by atoms with Crippen LogP contribution in [-0.4, -0.2) is 30.0 Å². The van der Waals surface area contributed by atoms with Crippen molar-refractivity contribution in [3.05, 3.63) is 0 Å². The van der Waals surface area contributed by atoms with Gasteiger partial charge in [-0.2, -0.15) is 0 Å². The largest absolute Gasteiger partial charge is 0.396 e. The molecule has 0 aliphatic heterocycles. The third-order valence-corrected chi connectivity index (χ3v) is 1.37. The van der Waals surface area contributed by atoms with Crippen molar-refractivity contribution >= 4 is 0 Å². The Hall–Kier alpha value is -0.120. The molecule has 0 aromatic heterocycles. The zero-order valence-corrected chi connectivity index (χ0v) is 5.58. The van der Waals surface area contributed by atoms with Gasteiger partial charge in [-0.3, -0.25) is 0 Å². The van der Waals surface area contributed by atoms with Crippen LogP contribution in [0.2, 0.25) is 0 Å². The third-order valence-electron chi connectivity index (χ3n) is 1.37. The van der Waals surface area contributed by atoms with Crippen LogP contribution in [0.1, 0.15) is 12.8 Å². The first kappa shape index (κ1) is 8.88. The van der Waals surface area contributed by atoms with Crippen molar-refractivity contribution in [1.29, 1.82) is 0 Å². The van der Waals surface area contributed by atoms with E-state index in [2.05, 4.69) is 0 Å². The summed E-state index contributed by atoms with van der Waals surface area (Å²) in [5.74, 6) is 0.194. The van der Waals surface area contributed by atoms with Gasteiger partial charge in [0.2, 0.25) is 0 Å².